The molecule has 1 amide bonds. The van der Waals surface area contributed by atoms with Crippen molar-refractivity contribution in [3.8, 4) is 5.75 Å². The third-order valence-electron chi connectivity index (χ3n) is 4.59. The highest BCUT2D eigenvalue weighted by Gasteiger charge is 2.40. The molecule has 0 bridgehead atoms. The number of nitrogens with one attached hydrogen (secondary N) is 1. The van der Waals surface area contributed by atoms with Crippen LogP contribution < -0.4 is 10.1 Å². The first-order valence-corrected chi connectivity index (χ1v) is 8.48. The van der Waals surface area contributed by atoms with Gasteiger partial charge in [-0.3, -0.25) is 4.79 Å². The van der Waals surface area contributed by atoms with E-state index < -0.39 is 12.1 Å². The predicted octanol–water partition coefficient (Wildman–Crippen LogP) is 4.91. The molecule has 0 atom stereocenters. The van der Waals surface area contributed by atoms with Crippen LogP contribution in [0.25, 0.3) is 6.08 Å². The zero-order valence-corrected chi connectivity index (χ0v) is 14.9. The lowest BCUT2D eigenvalue weighted by atomic mass is 9.81. The fourth-order valence-electron chi connectivity index (χ4n) is 3.19. The third-order valence-corrected chi connectivity index (χ3v) is 4.59. The number of halogens is 3. The number of nitrogens with zero attached hydrogens (tertiary/aromatic N) is 1. The summed E-state index contributed by atoms with van der Waals surface area (Å²) in [6.45, 7) is 5.16. The summed E-state index contributed by atoms with van der Waals surface area (Å²) in [5, 5.41) is 2.60. The van der Waals surface area contributed by atoms with Crippen molar-refractivity contribution in [3.63, 3.8) is 0 Å². The Morgan fingerprint density at radius 2 is 2.00 bits per heavy atom. The van der Waals surface area contributed by atoms with Gasteiger partial charge in [-0.2, -0.15) is 13.2 Å². The van der Waals surface area contributed by atoms with E-state index in [0.717, 1.165) is 11.6 Å². The molecule has 0 aliphatic heterocycles. The first kappa shape index (κ1) is 20.0. The fraction of sp³-hybridized carbons (Fsp3) is 0.474. The number of anilines is 1. The van der Waals surface area contributed by atoms with Gasteiger partial charge in [0.25, 0.3) is 0 Å². The smallest absolute Gasteiger partial charge is 0.391 e. The van der Waals surface area contributed by atoms with Crippen LogP contribution in [-0.4, -0.2) is 24.2 Å². The molecular formula is C19H23F3N2O2. The van der Waals surface area contributed by atoms with E-state index in [-0.39, 0.29) is 24.7 Å². The molecule has 1 aliphatic carbocycles. The minimum atomic E-state index is -4.10. The van der Waals surface area contributed by atoms with Gasteiger partial charge < -0.3 is 10.1 Å². The number of amides is 1. The molecule has 26 heavy (non-hydrogen) atoms. The van der Waals surface area contributed by atoms with Gasteiger partial charge >= 0.3 is 6.18 Å². The lowest BCUT2D eigenvalue weighted by Gasteiger charge is -2.28. The quantitative estimate of drug-likeness (QED) is 0.752. The van der Waals surface area contributed by atoms with Crippen molar-refractivity contribution in [1.29, 1.82) is 0 Å². The fourth-order valence-corrected chi connectivity index (χ4v) is 3.19. The predicted molar refractivity (Wildman–Crippen MR) is 94.9 cm³/mol. The molecule has 1 aliphatic rings. The van der Waals surface area contributed by atoms with Gasteiger partial charge in [0.2, 0.25) is 5.91 Å². The van der Waals surface area contributed by atoms with E-state index in [4.69, 9.17) is 4.74 Å². The number of ether oxygens (including phenoxy) is 1. The molecule has 4 nitrogen and oxygen atoms in total. The van der Waals surface area contributed by atoms with Crippen LogP contribution in [0.2, 0.25) is 0 Å². The minimum absolute atomic E-state index is 0.0954. The summed E-state index contributed by atoms with van der Waals surface area (Å²) < 4.78 is 43.6. The summed E-state index contributed by atoms with van der Waals surface area (Å²) in [5.74, 6) is -0.526. The normalized spacial score (nSPS) is 20.8. The van der Waals surface area contributed by atoms with Gasteiger partial charge in [-0.25, -0.2) is 4.98 Å². The highest BCUT2D eigenvalue weighted by atomic mass is 19.4. The lowest BCUT2D eigenvalue weighted by molar-refractivity contribution is -0.183. The highest BCUT2D eigenvalue weighted by molar-refractivity contribution is 5.98. The molecule has 0 unspecified atom stereocenters. The first-order chi connectivity index (χ1) is 12.2. The topological polar surface area (TPSA) is 51.2 Å². The molecule has 142 valence electrons. The zero-order valence-electron chi connectivity index (χ0n) is 14.9. The first-order valence-electron chi connectivity index (χ1n) is 8.48. The summed E-state index contributed by atoms with van der Waals surface area (Å²) >= 11 is 0. The number of rotatable bonds is 5. The molecule has 0 radical (unpaired) electrons. The molecule has 2 rings (SSSR count). The van der Waals surface area contributed by atoms with Crippen LogP contribution in [0.4, 0.5) is 19.0 Å². The molecule has 7 heteroatoms. The Hall–Kier alpha value is -2.31. The summed E-state index contributed by atoms with van der Waals surface area (Å²) in [5.41, 5.74) is 1.33. The Bertz CT molecular complexity index is 691. The van der Waals surface area contributed by atoms with Crippen LogP contribution >= 0.6 is 0 Å². The van der Waals surface area contributed by atoms with Gasteiger partial charge in [-0.05, 0) is 50.7 Å². The van der Waals surface area contributed by atoms with E-state index in [1.807, 2.05) is 12.2 Å². The van der Waals surface area contributed by atoms with Gasteiger partial charge in [0.15, 0.2) is 0 Å². The SMILES string of the molecule is C=CC(=O)Nc1cc(/C=C/C2CCC(C(F)(F)F)CC2)c(OC)c(C)n1. The molecule has 0 spiro atoms. The van der Waals surface area contributed by atoms with Crippen LogP contribution in [-0.2, 0) is 4.79 Å². The Balaban J connectivity index is 2.13. The number of aromatic nitrogens is 1. The molecule has 1 fully saturated rings. The number of carbonyl (C=O) groups is 1. The minimum Gasteiger partial charge on any atom is -0.494 e. The second-order valence-electron chi connectivity index (χ2n) is 6.42. The Kier molecular flexibility index (Phi) is 6.45. The zero-order chi connectivity index (χ0) is 19.3. The largest absolute Gasteiger partial charge is 0.494 e. The second-order valence-corrected chi connectivity index (χ2v) is 6.42. The number of allylic oxidation sites excluding steroid dienone is 1. The van der Waals surface area contributed by atoms with E-state index in [9.17, 15) is 18.0 Å². The van der Waals surface area contributed by atoms with Gasteiger partial charge in [0.05, 0.1) is 18.7 Å². The summed E-state index contributed by atoms with van der Waals surface area (Å²) in [4.78, 5) is 15.7. The maximum atomic E-state index is 12.8. The number of carbonyl (C=O) groups excluding carboxylic acids is 1. The molecule has 0 aromatic carbocycles. The second kappa shape index (κ2) is 8.38. The number of aryl methyl sites for hydroxylation is 1. The van der Waals surface area contributed by atoms with Gasteiger partial charge in [-0.15, -0.1) is 0 Å². The van der Waals surface area contributed by atoms with Crippen LogP contribution in [0, 0.1) is 18.8 Å². The summed E-state index contributed by atoms with van der Waals surface area (Å²) in [7, 11) is 1.53. The Morgan fingerprint density at radius 1 is 1.35 bits per heavy atom. The van der Waals surface area contributed by atoms with Crippen molar-refractivity contribution in [2.45, 2.75) is 38.8 Å². The monoisotopic (exact) mass is 368 g/mol. The summed E-state index contributed by atoms with van der Waals surface area (Å²) in [6.07, 6.45) is 2.13. The van der Waals surface area contributed by atoms with Crippen LogP contribution in [0.5, 0.6) is 5.75 Å². The molecule has 0 saturated heterocycles. The van der Waals surface area contributed by atoms with Crippen molar-refractivity contribution in [2.75, 3.05) is 12.4 Å². The van der Waals surface area contributed by atoms with E-state index in [1.54, 1.807) is 13.0 Å². The van der Waals surface area contributed by atoms with Gasteiger partial charge in [0.1, 0.15) is 11.6 Å². The van der Waals surface area contributed by atoms with Gasteiger partial charge in [-0.1, -0.05) is 18.7 Å². The maximum Gasteiger partial charge on any atom is 0.391 e. The average molecular weight is 368 g/mol. The lowest BCUT2D eigenvalue weighted by Crippen LogP contribution is -2.27. The number of pyridine rings is 1. The number of methoxy groups -OCH3 is 1. The van der Waals surface area contributed by atoms with Crippen molar-refractivity contribution in [1.82, 2.24) is 4.98 Å². The van der Waals surface area contributed by atoms with E-state index in [1.165, 1.54) is 7.11 Å². The van der Waals surface area contributed by atoms with E-state index in [2.05, 4.69) is 16.9 Å². The highest BCUT2D eigenvalue weighted by Crippen LogP contribution is 2.40. The van der Waals surface area contributed by atoms with Crippen molar-refractivity contribution < 1.29 is 22.7 Å². The van der Waals surface area contributed by atoms with Crippen molar-refractivity contribution in [2.24, 2.45) is 11.8 Å². The van der Waals surface area contributed by atoms with Crippen LogP contribution in [0.1, 0.15) is 36.9 Å². The van der Waals surface area contributed by atoms with Crippen LogP contribution in [0.3, 0.4) is 0 Å². The molecule has 1 saturated carbocycles. The molecule has 1 heterocycles. The maximum absolute atomic E-state index is 12.8. The summed E-state index contributed by atoms with van der Waals surface area (Å²) in [6, 6.07) is 1.67. The van der Waals surface area contributed by atoms with Gasteiger partial charge in [0, 0.05) is 5.56 Å². The van der Waals surface area contributed by atoms with Crippen molar-refractivity contribution >= 4 is 17.8 Å². The molecule has 1 aromatic rings. The molecule has 1 aromatic heterocycles. The number of hydrogen-bond acceptors (Lipinski definition) is 3. The average Bonchev–Trinajstić information content (AvgIpc) is 2.59. The Labute approximate surface area is 151 Å². The van der Waals surface area contributed by atoms with E-state index >= 15 is 0 Å². The van der Waals surface area contributed by atoms with Crippen molar-refractivity contribution in [3.05, 3.63) is 36.1 Å². The van der Waals surface area contributed by atoms with E-state index in [0.29, 0.717) is 30.1 Å². The number of hydrogen-bond donors (Lipinski definition) is 1. The van der Waals surface area contributed by atoms with Crippen LogP contribution in [0.15, 0.2) is 24.8 Å². The third kappa shape index (κ3) is 5.09. The molecular weight excluding hydrogens is 345 g/mol. The number of alkyl halides is 3. The standard InChI is InChI=1S/C19H23F3N2O2/c1-4-17(25)24-16-11-14(18(26-3)12(2)23-16)8-5-13-6-9-15(10-7-13)19(20,21)22/h4-5,8,11,13,15H,1,6-7,9-10H2,2-3H3,(H,23,24,25)/b8-5+. The molecule has 1 N–H and O–H groups in total. The Morgan fingerprint density at radius 3 is 2.54 bits per heavy atom.